The quantitative estimate of drug-likeness (QED) is 0.464. The van der Waals surface area contributed by atoms with Crippen LogP contribution in [0.15, 0.2) is 50.8 Å². The van der Waals surface area contributed by atoms with Gasteiger partial charge in [0.2, 0.25) is 5.91 Å². The number of anilines is 1. The number of fused-ring (bicyclic) bond motifs is 1. The fourth-order valence-electron chi connectivity index (χ4n) is 2.47. The zero-order valence-electron chi connectivity index (χ0n) is 14.1. The fourth-order valence-corrected chi connectivity index (χ4v) is 3.70. The molecule has 1 heterocycles. The Bertz CT molecular complexity index is 1090. The van der Waals surface area contributed by atoms with Gasteiger partial charge in [-0.1, -0.05) is 27.7 Å². The lowest BCUT2D eigenvalue weighted by atomic mass is 10.2. The van der Waals surface area contributed by atoms with Crippen molar-refractivity contribution in [3.63, 3.8) is 0 Å². The second kappa shape index (κ2) is 8.18. The number of nitrogens with one attached hydrogen (secondary N) is 1. The fraction of sp³-hybridized carbons (Fsp3) is 0.167. The topological polar surface area (TPSA) is 64.0 Å². The number of carbonyl (C=O) groups is 1. The van der Waals surface area contributed by atoms with E-state index in [0.717, 1.165) is 34.4 Å². The number of hydrogen-bond donors (Lipinski definition) is 1. The van der Waals surface area contributed by atoms with E-state index in [9.17, 15) is 18.4 Å². The maximum Gasteiger partial charge on any atom is 0.262 e. The van der Waals surface area contributed by atoms with E-state index in [0.29, 0.717) is 22.6 Å². The van der Waals surface area contributed by atoms with Gasteiger partial charge < -0.3 is 5.32 Å². The average Bonchev–Trinajstić information content (AvgIpc) is 2.64. The van der Waals surface area contributed by atoms with Crippen LogP contribution in [0, 0.1) is 11.6 Å². The van der Waals surface area contributed by atoms with Gasteiger partial charge in [-0.25, -0.2) is 13.8 Å². The molecule has 1 N–H and O–H groups in total. The van der Waals surface area contributed by atoms with Crippen LogP contribution in [0.1, 0.15) is 6.92 Å². The van der Waals surface area contributed by atoms with Crippen molar-refractivity contribution in [2.75, 3.05) is 11.1 Å². The Morgan fingerprint density at radius 1 is 1.26 bits per heavy atom. The summed E-state index contributed by atoms with van der Waals surface area (Å²) in [5, 5.41) is 3.18. The van der Waals surface area contributed by atoms with Crippen LogP contribution in [0.25, 0.3) is 10.9 Å². The molecule has 0 aliphatic rings. The van der Waals surface area contributed by atoms with Gasteiger partial charge in [-0.15, -0.1) is 0 Å². The molecule has 3 aromatic rings. The smallest absolute Gasteiger partial charge is 0.262 e. The predicted molar refractivity (Wildman–Crippen MR) is 105 cm³/mol. The highest BCUT2D eigenvalue weighted by molar-refractivity contribution is 9.10. The van der Waals surface area contributed by atoms with E-state index in [-0.39, 0.29) is 17.0 Å². The van der Waals surface area contributed by atoms with E-state index < -0.39 is 17.5 Å². The molecule has 0 saturated carbocycles. The Balaban J connectivity index is 1.82. The van der Waals surface area contributed by atoms with Crippen LogP contribution in [0.2, 0.25) is 0 Å². The van der Waals surface area contributed by atoms with E-state index >= 15 is 0 Å². The summed E-state index contributed by atoms with van der Waals surface area (Å²) in [6.07, 6.45) is 0. The van der Waals surface area contributed by atoms with Crippen molar-refractivity contribution < 1.29 is 13.6 Å². The molecule has 27 heavy (non-hydrogen) atoms. The third-order valence-corrected chi connectivity index (χ3v) is 5.20. The highest BCUT2D eigenvalue weighted by atomic mass is 79.9. The summed E-state index contributed by atoms with van der Waals surface area (Å²) in [6, 6.07) is 8.01. The summed E-state index contributed by atoms with van der Waals surface area (Å²) in [4.78, 5) is 29.2. The standard InChI is InChI=1S/C18H14BrF2N3O2S/c1-2-24-17(26)12-7-10(19)3-6-14(12)23-18(24)27-9-16(25)22-15-8-11(20)4-5-13(15)21/h3-8H,2,9H2,1H3,(H,22,25). The number of aromatic nitrogens is 2. The molecule has 0 aliphatic carbocycles. The van der Waals surface area contributed by atoms with Gasteiger partial charge in [0.1, 0.15) is 11.6 Å². The molecule has 5 nitrogen and oxygen atoms in total. The van der Waals surface area contributed by atoms with Gasteiger partial charge in [0.05, 0.1) is 22.3 Å². The van der Waals surface area contributed by atoms with Crippen molar-refractivity contribution in [1.82, 2.24) is 9.55 Å². The number of halogens is 3. The molecule has 1 amide bonds. The summed E-state index contributed by atoms with van der Waals surface area (Å²) in [5.41, 5.74) is 0.0830. The first kappa shape index (κ1) is 19.5. The summed E-state index contributed by atoms with van der Waals surface area (Å²) in [6.45, 7) is 2.19. The molecular weight excluding hydrogens is 440 g/mol. The van der Waals surface area contributed by atoms with E-state index in [1.165, 1.54) is 4.57 Å². The van der Waals surface area contributed by atoms with Crippen molar-refractivity contribution in [2.24, 2.45) is 0 Å². The molecule has 3 rings (SSSR count). The first-order chi connectivity index (χ1) is 12.9. The zero-order valence-corrected chi connectivity index (χ0v) is 16.5. The molecule has 140 valence electrons. The predicted octanol–water partition coefficient (Wildman–Crippen LogP) is 4.19. The lowest BCUT2D eigenvalue weighted by molar-refractivity contribution is -0.113. The van der Waals surface area contributed by atoms with Gasteiger partial charge in [0, 0.05) is 17.1 Å². The lowest BCUT2D eigenvalue weighted by Gasteiger charge is -2.11. The molecule has 0 bridgehead atoms. The minimum Gasteiger partial charge on any atom is -0.323 e. The van der Waals surface area contributed by atoms with Gasteiger partial charge in [-0.05, 0) is 37.3 Å². The van der Waals surface area contributed by atoms with Crippen LogP contribution in [0.4, 0.5) is 14.5 Å². The van der Waals surface area contributed by atoms with Crippen molar-refractivity contribution >= 4 is 50.2 Å². The van der Waals surface area contributed by atoms with Crippen LogP contribution in [0.5, 0.6) is 0 Å². The van der Waals surface area contributed by atoms with Crippen molar-refractivity contribution in [3.05, 3.63) is 62.9 Å². The Morgan fingerprint density at radius 3 is 2.78 bits per heavy atom. The minimum atomic E-state index is -0.727. The molecule has 0 spiro atoms. The maximum atomic E-state index is 13.6. The zero-order chi connectivity index (χ0) is 19.6. The van der Waals surface area contributed by atoms with Gasteiger partial charge in [0.25, 0.3) is 5.56 Å². The van der Waals surface area contributed by atoms with E-state index in [2.05, 4.69) is 26.2 Å². The molecule has 0 radical (unpaired) electrons. The summed E-state index contributed by atoms with van der Waals surface area (Å²) in [7, 11) is 0. The Morgan fingerprint density at radius 2 is 2.04 bits per heavy atom. The second-order valence-corrected chi connectivity index (χ2v) is 7.42. The Kier molecular flexibility index (Phi) is 5.91. The maximum absolute atomic E-state index is 13.6. The number of rotatable bonds is 5. The number of nitrogens with zero attached hydrogens (tertiary/aromatic N) is 2. The third-order valence-electron chi connectivity index (χ3n) is 3.73. The Labute approximate surface area is 165 Å². The Hall–Kier alpha value is -2.26. The van der Waals surface area contributed by atoms with Crippen molar-refractivity contribution in [2.45, 2.75) is 18.6 Å². The number of amides is 1. The second-order valence-electron chi connectivity index (χ2n) is 5.57. The third kappa shape index (κ3) is 4.36. The SMILES string of the molecule is CCn1c(SCC(=O)Nc2cc(F)ccc2F)nc2ccc(Br)cc2c1=O. The van der Waals surface area contributed by atoms with Gasteiger partial charge in [0.15, 0.2) is 5.16 Å². The molecular formula is C18H14BrF2N3O2S. The molecule has 9 heteroatoms. The molecule has 0 saturated heterocycles. The van der Waals surface area contributed by atoms with Crippen molar-refractivity contribution in [3.8, 4) is 0 Å². The first-order valence-electron chi connectivity index (χ1n) is 7.97. The van der Waals surface area contributed by atoms with Crippen molar-refractivity contribution in [1.29, 1.82) is 0 Å². The van der Waals surface area contributed by atoms with Crippen LogP contribution < -0.4 is 10.9 Å². The summed E-state index contributed by atoms with van der Waals surface area (Å²) >= 11 is 4.39. The summed E-state index contributed by atoms with van der Waals surface area (Å²) in [5.74, 6) is -2.02. The first-order valence-corrected chi connectivity index (χ1v) is 9.74. The average molecular weight is 454 g/mol. The summed E-state index contributed by atoms with van der Waals surface area (Å²) < 4.78 is 29.1. The molecule has 1 aromatic heterocycles. The normalized spacial score (nSPS) is 11.0. The highest BCUT2D eigenvalue weighted by Crippen LogP contribution is 2.21. The molecule has 0 atom stereocenters. The number of carbonyl (C=O) groups excluding carboxylic acids is 1. The number of thioether (sulfide) groups is 1. The highest BCUT2D eigenvalue weighted by Gasteiger charge is 2.14. The van der Waals surface area contributed by atoms with Crippen LogP contribution in [-0.2, 0) is 11.3 Å². The van der Waals surface area contributed by atoms with Gasteiger partial charge >= 0.3 is 0 Å². The van der Waals surface area contributed by atoms with Crippen LogP contribution in [-0.4, -0.2) is 21.2 Å². The van der Waals surface area contributed by atoms with Crippen LogP contribution >= 0.6 is 27.7 Å². The number of hydrogen-bond acceptors (Lipinski definition) is 4. The largest absolute Gasteiger partial charge is 0.323 e. The van der Waals surface area contributed by atoms with E-state index in [4.69, 9.17) is 0 Å². The van der Waals surface area contributed by atoms with E-state index in [1.54, 1.807) is 25.1 Å². The monoisotopic (exact) mass is 453 g/mol. The van der Waals surface area contributed by atoms with Crippen LogP contribution in [0.3, 0.4) is 0 Å². The molecule has 0 unspecified atom stereocenters. The molecule has 0 aliphatic heterocycles. The van der Waals surface area contributed by atoms with Gasteiger partial charge in [-0.3, -0.25) is 14.2 Å². The molecule has 0 fully saturated rings. The minimum absolute atomic E-state index is 0.107. The molecule has 2 aromatic carbocycles. The lowest BCUT2D eigenvalue weighted by Crippen LogP contribution is -2.23. The van der Waals surface area contributed by atoms with Gasteiger partial charge in [-0.2, -0.15) is 0 Å². The van der Waals surface area contributed by atoms with E-state index in [1.807, 2.05) is 0 Å². The number of benzene rings is 2.